The minimum atomic E-state index is -5.08. The molecule has 0 spiro atoms. The van der Waals surface area contributed by atoms with Crippen molar-refractivity contribution in [3.63, 3.8) is 0 Å². The fraction of sp³-hybridized carbons (Fsp3) is 0.364. The lowest BCUT2D eigenvalue weighted by atomic mass is 10.1. The number of halogens is 7. The Labute approximate surface area is 123 Å². The van der Waals surface area contributed by atoms with Crippen LogP contribution >= 0.6 is 15.9 Å². The Bertz CT molecular complexity index is 477. The predicted molar refractivity (Wildman–Crippen MR) is 62.3 cm³/mol. The van der Waals surface area contributed by atoms with E-state index in [4.69, 9.17) is 0 Å². The van der Waals surface area contributed by atoms with E-state index in [1.54, 1.807) is 0 Å². The molecule has 0 atom stereocenters. The van der Waals surface area contributed by atoms with Gasteiger partial charge in [0.1, 0.15) is 17.3 Å². The van der Waals surface area contributed by atoms with Crippen molar-refractivity contribution in [3.8, 4) is 11.5 Å². The number of hydrogen-bond donors (Lipinski definition) is 0. The van der Waals surface area contributed by atoms with Crippen LogP contribution in [0, 0.1) is 0 Å². The van der Waals surface area contributed by atoms with E-state index in [0.717, 1.165) is 12.1 Å². The Kier molecular flexibility index (Phi) is 5.48. The molecule has 3 nitrogen and oxygen atoms in total. The number of hydrogen-bond acceptors (Lipinski definition) is 3. The Morgan fingerprint density at radius 1 is 0.952 bits per heavy atom. The monoisotopic (exact) mass is 380 g/mol. The lowest BCUT2D eigenvalue weighted by Crippen LogP contribution is -2.19. The molecule has 0 radical (unpaired) electrons. The molecule has 0 amide bonds. The standard InChI is InChI=1S/C11H7BrF6O3/c12-5-7(19)1-6-2-8(20-10(13,14)15)4-9(3-6)21-11(16,17)18/h2-4H,1,5H2. The number of Topliss-reactive ketones (excluding diaryl/α,β-unsaturated/α-hetero) is 1. The molecular formula is C11H7BrF6O3. The summed E-state index contributed by atoms with van der Waals surface area (Å²) in [7, 11) is 0. The van der Waals surface area contributed by atoms with Crippen LogP contribution in [-0.2, 0) is 11.2 Å². The van der Waals surface area contributed by atoms with Gasteiger partial charge in [-0.25, -0.2) is 0 Å². The molecule has 10 heteroatoms. The fourth-order valence-corrected chi connectivity index (χ4v) is 1.59. The van der Waals surface area contributed by atoms with Crippen LogP contribution in [0.1, 0.15) is 5.56 Å². The maximum atomic E-state index is 12.1. The van der Waals surface area contributed by atoms with Crippen LogP contribution in [0.2, 0.25) is 0 Å². The third-order valence-corrected chi connectivity index (χ3v) is 2.58. The summed E-state index contributed by atoms with van der Waals surface area (Å²) in [6.45, 7) is 0. The highest BCUT2D eigenvalue weighted by Gasteiger charge is 2.34. The van der Waals surface area contributed by atoms with E-state index in [1.807, 2.05) is 0 Å². The van der Waals surface area contributed by atoms with E-state index in [-0.39, 0.29) is 17.3 Å². The van der Waals surface area contributed by atoms with Crippen molar-refractivity contribution < 1.29 is 40.6 Å². The molecule has 21 heavy (non-hydrogen) atoms. The molecule has 0 aromatic heterocycles. The molecule has 0 saturated heterocycles. The highest BCUT2D eigenvalue weighted by molar-refractivity contribution is 9.09. The van der Waals surface area contributed by atoms with Crippen molar-refractivity contribution in [1.82, 2.24) is 0 Å². The molecule has 0 fully saturated rings. The Morgan fingerprint density at radius 3 is 1.71 bits per heavy atom. The second-order valence-corrected chi connectivity index (χ2v) is 4.32. The molecular weight excluding hydrogens is 374 g/mol. The Morgan fingerprint density at radius 2 is 1.38 bits per heavy atom. The molecule has 1 aromatic rings. The SMILES string of the molecule is O=C(CBr)Cc1cc(OC(F)(F)F)cc(OC(F)(F)F)c1. The summed E-state index contributed by atoms with van der Waals surface area (Å²) in [6.07, 6.45) is -10.5. The van der Waals surface area contributed by atoms with Gasteiger partial charge in [-0.05, 0) is 17.7 Å². The number of alkyl halides is 7. The largest absolute Gasteiger partial charge is 0.573 e. The van der Waals surface area contributed by atoms with Gasteiger partial charge in [-0.3, -0.25) is 4.79 Å². The molecule has 118 valence electrons. The highest BCUT2D eigenvalue weighted by Crippen LogP contribution is 2.31. The summed E-state index contributed by atoms with van der Waals surface area (Å²) in [5.74, 6) is -2.24. The van der Waals surface area contributed by atoms with E-state index in [0.29, 0.717) is 6.07 Å². The third kappa shape index (κ3) is 7.21. The van der Waals surface area contributed by atoms with E-state index in [9.17, 15) is 31.1 Å². The molecule has 0 unspecified atom stereocenters. The maximum absolute atomic E-state index is 12.1. The molecule has 0 aliphatic carbocycles. The molecule has 0 heterocycles. The predicted octanol–water partition coefficient (Wildman–Crippen LogP) is 3.99. The minimum Gasteiger partial charge on any atom is -0.406 e. The van der Waals surface area contributed by atoms with Crippen molar-refractivity contribution in [2.24, 2.45) is 0 Å². The van der Waals surface area contributed by atoms with Gasteiger partial charge in [0.05, 0.1) is 5.33 Å². The van der Waals surface area contributed by atoms with Gasteiger partial charge in [-0.2, -0.15) is 0 Å². The lowest BCUT2D eigenvalue weighted by molar-refractivity contribution is -0.276. The van der Waals surface area contributed by atoms with Crippen LogP contribution in [-0.4, -0.2) is 23.8 Å². The minimum absolute atomic E-state index is 0.0905. The van der Waals surface area contributed by atoms with E-state index < -0.39 is 30.0 Å². The topological polar surface area (TPSA) is 35.5 Å². The number of ether oxygens (including phenoxy) is 2. The van der Waals surface area contributed by atoms with Gasteiger partial charge in [-0.1, -0.05) is 15.9 Å². The van der Waals surface area contributed by atoms with E-state index >= 15 is 0 Å². The van der Waals surface area contributed by atoms with Crippen molar-refractivity contribution in [2.45, 2.75) is 19.1 Å². The first kappa shape index (κ1) is 17.6. The number of benzene rings is 1. The zero-order valence-corrected chi connectivity index (χ0v) is 11.6. The zero-order valence-electron chi connectivity index (χ0n) is 10.0. The van der Waals surface area contributed by atoms with Crippen molar-refractivity contribution >= 4 is 21.7 Å². The smallest absolute Gasteiger partial charge is 0.406 e. The van der Waals surface area contributed by atoms with Crippen LogP contribution in [0.25, 0.3) is 0 Å². The summed E-state index contributed by atoms with van der Waals surface area (Å²) < 4.78 is 79.8. The Balaban J connectivity index is 3.10. The van der Waals surface area contributed by atoms with Gasteiger partial charge in [0.15, 0.2) is 0 Å². The van der Waals surface area contributed by atoms with Crippen LogP contribution in [0.15, 0.2) is 18.2 Å². The van der Waals surface area contributed by atoms with Gasteiger partial charge < -0.3 is 9.47 Å². The highest BCUT2D eigenvalue weighted by atomic mass is 79.9. The lowest BCUT2D eigenvalue weighted by Gasteiger charge is -2.14. The summed E-state index contributed by atoms with van der Waals surface area (Å²) >= 11 is 2.83. The first-order valence-electron chi connectivity index (χ1n) is 5.21. The maximum Gasteiger partial charge on any atom is 0.573 e. The van der Waals surface area contributed by atoms with Crippen molar-refractivity contribution in [2.75, 3.05) is 5.33 Å². The van der Waals surface area contributed by atoms with Gasteiger partial charge in [-0.15, -0.1) is 26.3 Å². The van der Waals surface area contributed by atoms with Crippen molar-refractivity contribution in [1.29, 1.82) is 0 Å². The average Bonchev–Trinajstić information content (AvgIpc) is 2.23. The number of carbonyl (C=O) groups excluding carboxylic acids is 1. The number of ketones is 1. The molecule has 1 aromatic carbocycles. The average molecular weight is 381 g/mol. The van der Waals surface area contributed by atoms with Gasteiger partial charge in [0.25, 0.3) is 0 Å². The zero-order chi connectivity index (χ0) is 16.3. The van der Waals surface area contributed by atoms with Crippen molar-refractivity contribution in [3.05, 3.63) is 23.8 Å². The van der Waals surface area contributed by atoms with E-state index in [1.165, 1.54) is 0 Å². The van der Waals surface area contributed by atoms with Gasteiger partial charge >= 0.3 is 12.7 Å². The summed E-state index contributed by atoms with van der Waals surface area (Å²) in [6, 6.07) is 2.07. The second-order valence-electron chi connectivity index (χ2n) is 3.76. The Hall–Kier alpha value is -1.45. The van der Waals surface area contributed by atoms with Gasteiger partial charge in [0.2, 0.25) is 0 Å². The molecule has 0 aliphatic rings. The summed E-state index contributed by atoms with van der Waals surface area (Å²) in [5.41, 5.74) is -0.0968. The number of carbonyl (C=O) groups is 1. The normalized spacial score (nSPS) is 12.1. The molecule has 0 aliphatic heterocycles. The van der Waals surface area contributed by atoms with Crippen LogP contribution in [0.5, 0.6) is 11.5 Å². The fourth-order valence-electron chi connectivity index (χ4n) is 1.39. The molecule has 1 rings (SSSR count). The third-order valence-electron chi connectivity index (χ3n) is 1.96. The first-order valence-corrected chi connectivity index (χ1v) is 6.34. The number of rotatable bonds is 5. The molecule has 0 bridgehead atoms. The molecule has 0 saturated carbocycles. The quantitative estimate of drug-likeness (QED) is 0.572. The van der Waals surface area contributed by atoms with E-state index in [2.05, 4.69) is 25.4 Å². The first-order chi connectivity index (χ1) is 9.48. The summed E-state index contributed by atoms with van der Waals surface area (Å²) in [5, 5.41) is -0.0905. The van der Waals surface area contributed by atoms with Crippen LogP contribution < -0.4 is 9.47 Å². The second kappa shape index (κ2) is 6.54. The summed E-state index contributed by atoms with van der Waals surface area (Å²) in [4.78, 5) is 11.2. The van der Waals surface area contributed by atoms with Gasteiger partial charge in [0, 0.05) is 12.5 Å². The van der Waals surface area contributed by atoms with Crippen LogP contribution in [0.4, 0.5) is 26.3 Å². The van der Waals surface area contributed by atoms with Crippen LogP contribution in [0.3, 0.4) is 0 Å². The molecule has 0 N–H and O–H groups in total.